The molecule has 0 aromatic rings. The van der Waals surface area contributed by atoms with Crippen molar-refractivity contribution in [1.82, 2.24) is 0 Å². The summed E-state index contributed by atoms with van der Waals surface area (Å²) in [5.74, 6) is 6.25. The molecule has 0 aliphatic carbocycles. The maximum Gasteiger partial charge on any atom is 0.0431 e. The molecule has 0 radical (unpaired) electrons. The Morgan fingerprint density at radius 3 is 1.93 bits per heavy atom. The van der Waals surface area contributed by atoms with E-state index in [1.165, 1.54) is 38.5 Å². The molecule has 0 heterocycles. The lowest BCUT2D eigenvalue weighted by molar-refractivity contribution is 0.282. The van der Waals surface area contributed by atoms with Gasteiger partial charge in [0.15, 0.2) is 0 Å². The third-order valence-corrected chi connectivity index (χ3v) is 2.26. The van der Waals surface area contributed by atoms with E-state index in [2.05, 4.69) is 18.8 Å². The van der Waals surface area contributed by atoms with Crippen LogP contribution in [0.4, 0.5) is 0 Å². The summed E-state index contributed by atoms with van der Waals surface area (Å²) in [5.41, 5.74) is 0. The van der Waals surface area contributed by atoms with Gasteiger partial charge in [-0.2, -0.15) is 0 Å². The molecule has 0 fully saturated rings. The Morgan fingerprint density at radius 2 is 1.36 bits per heavy atom. The molecule has 1 N–H and O–H groups in total. The van der Waals surface area contributed by atoms with Gasteiger partial charge in [0.2, 0.25) is 0 Å². The van der Waals surface area contributed by atoms with E-state index < -0.39 is 0 Å². The average molecular weight is 196 g/mol. The first kappa shape index (κ1) is 13.5. The molecule has 1 nitrogen and oxygen atoms in total. The topological polar surface area (TPSA) is 20.2 Å². The van der Waals surface area contributed by atoms with E-state index in [4.69, 9.17) is 5.11 Å². The zero-order valence-corrected chi connectivity index (χ0v) is 9.52. The van der Waals surface area contributed by atoms with E-state index in [1.54, 1.807) is 0 Å². The van der Waals surface area contributed by atoms with Crippen molar-refractivity contribution in [2.24, 2.45) is 0 Å². The lowest BCUT2D eigenvalue weighted by Gasteiger charge is -1.98. The van der Waals surface area contributed by atoms with Crippen molar-refractivity contribution >= 4 is 0 Å². The summed E-state index contributed by atoms with van der Waals surface area (Å²) in [7, 11) is 0. The van der Waals surface area contributed by atoms with E-state index >= 15 is 0 Å². The molecule has 0 aliphatic heterocycles. The van der Waals surface area contributed by atoms with Gasteiger partial charge >= 0.3 is 0 Å². The summed E-state index contributed by atoms with van der Waals surface area (Å²) in [6.07, 6.45) is 10.7. The van der Waals surface area contributed by atoms with E-state index in [1.807, 2.05) is 0 Å². The van der Waals surface area contributed by atoms with Crippen LogP contribution in [-0.2, 0) is 0 Å². The molecular weight excluding hydrogens is 172 g/mol. The molecule has 0 saturated carbocycles. The summed E-state index contributed by atoms with van der Waals surface area (Å²) in [5, 5.41) is 8.57. The third-order valence-electron chi connectivity index (χ3n) is 2.26. The number of aliphatic hydroxyl groups is 1. The molecule has 0 spiro atoms. The Labute approximate surface area is 88.9 Å². The Hall–Kier alpha value is -0.480. The lowest BCUT2D eigenvalue weighted by Crippen LogP contribution is -1.83. The van der Waals surface area contributed by atoms with E-state index in [0.29, 0.717) is 6.61 Å². The minimum Gasteiger partial charge on any atom is -0.396 e. The number of rotatable bonds is 8. The molecule has 0 rings (SSSR count). The maximum atomic E-state index is 8.57. The second kappa shape index (κ2) is 12.5. The van der Waals surface area contributed by atoms with Gasteiger partial charge in [0.05, 0.1) is 0 Å². The van der Waals surface area contributed by atoms with Crippen molar-refractivity contribution in [1.29, 1.82) is 0 Å². The van der Waals surface area contributed by atoms with Crippen molar-refractivity contribution in [2.75, 3.05) is 6.61 Å². The van der Waals surface area contributed by atoms with Crippen LogP contribution in [0.15, 0.2) is 0 Å². The van der Waals surface area contributed by atoms with Crippen LogP contribution in [0.25, 0.3) is 0 Å². The van der Waals surface area contributed by atoms with Crippen LogP contribution < -0.4 is 0 Å². The zero-order chi connectivity index (χ0) is 10.5. The first-order valence-corrected chi connectivity index (χ1v) is 5.98. The van der Waals surface area contributed by atoms with Gasteiger partial charge < -0.3 is 5.11 Å². The van der Waals surface area contributed by atoms with Gasteiger partial charge in [-0.05, 0) is 12.8 Å². The van der Waals surface area contributed by atoms with Gasteiger partial charge in [-0.3, -0.25) is 0 Å². The minimum atomic E-state index is 0.354. The van der Waals surface area contributed by atoms with Gasteiger partial charge in [0.25, 0.3) is 0 Å². The SMILES string of the molecule is CCC#CCCCCCCCCCO. The summed E-state index contributed by atoms with van der Waals surface area (Å²) in [4.78, 5) is 0. The van der Waals surface area contributed by atoms with Crippen molar-refractivity contribution in [3.63, 3.8) is 0 Å². The van der Waals surface area contributed by atoms with Crippen molar-refractivity contribution in [3.05, 3.63) is 0 Å². The molecule has 1 heteroatoms. The van der Waals surface area contributed by atoms with E-state index in [9.17, 15) is 0 Å². The van der Waals surface area contributed by atoms with Crippen LogP contribution >= 0.6 is 0 Å². The van der Waals surface area contributed by atoms with Crippen LogP contribution in [0, 0.1) is 11.8 Å². The first-order valence-electron chi connectivity index (χ1n) is 5.98. The van der Waals surface area contributed by atoms with Crippen LogP contribution in [0.1, 0.15) is 64.7 Å². The number of hydrogen-bond acceptors (Lipinski definition) is 1. The van der Waals surface area contributed by atoms with Gasteiger partial charge in [-0.1, -0.05) is 39.0 Å². The van der Waals surface area contributed by atoms with Gasteiger partial charge in [0.1, 0.15) is 0 Å². The molecule has 82 valence electrons. The van der Waals surface area contributed by atoms with Crippen molar-refractivity contribution < 1.29 is 5.11 Å². The van der Waals surface area contributed by atoms with Gasteiger partial charge in [-0.15, -0.1) is 11.8 Å². The summed E-state index contributed by atoms with van der Waals surface area (Å²) < 4.78 is 0. The zero-order valence-electron chi connectivity index (χ0n) is 9.52. The molecule has 0 aliphatic rings. The molecular formula is C13H24O. The Bertz CT molecular complexity index is 152. The first-order chi connectivity index (χ1) is 6.91. The van der Waals surface area contributed by atoms with Crippen LogP contribution in [0.3, 0.4) is 0 Å². The highest BCUT2D eigenvalue weighted by Crippen LogP contribution is 2.07. The largest absolute Gasteiger partial charge is 0.396 e. The number of unbranched alkanes of at least 4 members (excludes halogenated alkanes) is 7. The second-order valence-electron chi connectivity index (χ2n) is 3.66. The number of aliphatic hydroxyl groups excluding tert-OH is 1. The van der Waals surface area contributed by atoms with Crippen LogP contribution in [-0.4, -0.2) is 11.7 Å². The fraction of sp³-hybridized carbons (Fsp3) is 0.846. The average Bonchev–Trinajstić information content (AvgIpc) is 2.21. The monoisotopic (exact) mass is 196 g/mol. The predicted octanol–water partition coefficient (Wildman–Crippen LogP) is 3.51. The molecule has 0 aromatic heterocycles. The minimum absolute atomic E-state index is 0.354. The van der Waals surface area contributed by atoms with Crippen LogP contribution in [0.5, 0.6) is 0 Å². The Balaban J connectivity index is 2.92. The smallest absolute Gasteiger partial charge is 0.0431 e. The fourth-order valence-corrected chi connectivity index (χ4v) is 1.42. The quantitative estimate of drug-likeness (QED) is 0.465. The fourth-order valence-electron chi connectivity index (χ4n) is 1.42. The lowest BCUT2D eigenvalue weighted by atomic mass is 10.1. The van der Waals surface area contributed by atoms with Gasteiger partial charge in [-0.25, -0.2) is 0 Å². The van der Waals surface area contributed by atoms with Gasteiger partial charge in [0, 0.05) is 19.4 Å². The normalized spacial score (nSPS) is 9.57. The molecule has 0 bridgehead atoms. The standard InChI is InChI=1S/C13H24O/c1-2-3-4-5-6-7-8-9-10-11-12-13-14/h14H,2,5-13H2,1H3. The number of hydrogen-bond donors (Lipinski definition) is 1. The van der Waals surface area contributed by atoms with E-state index in [-0.39, 0.29) is 0 Å². The van der Waals surface area contributed by atoms with E-state index in [0.717, 1.165) is 19.3 Å². The molecule has 0 saturated heterocycles. The summed E-state index contributed by atoms with van der Waals surface area (Å²) in [6, 6.07) is 0. The third kappa shape index (κ3) is 11.5. The van der Waals surface area contributed by atoms with Crippen LogP contribution in [0.2, 0.25) is 0 Å². The molecule has 0 aromatic carbocycles. The van der Waals surface area contributed by atoms with Crippen molar-refractivity contribution in [3.8, 4) is 11.8 Å². The Morgan fingerprint density at radius 1 is 0.786 bits per heavy atom. The molecule has 0 atom stereocenters. The molecule has 14 heavy (non-hydrogen) atoms. The highest BCUT2D eigenvalue weighted by Gasteiger charge is 1.90. The summed E-state index contributed by atoms with van der Waals surface area (Å²) in [6.45, 7) is 2.45. The maximum absolute atomic E-state index is 8.57. The van der Waals surface area contributed by atoms with Crippen molar-refractivity contribution in [2.45, 2.75) is 64.7 Å². The highest BCUT2D eigenvalue weighted by molar-refractivity contribution is 4.97. The Kier molecular flexibility index (Phi) is 12.1. The second-order valence-corrected chi connectivity index (χ2v) is 3.66. The highest BCUT2D eigenvalue weighted by atomic mass is 16.2. The summed E-state index contributed by atoms with van der Waals surface area (Å²) >= 11 is 0. The molecule has 0 unspecified atom stereocenters. The molecule has 0 amide bonds. The predicted molar refractivity (Wildman–Crippen MR) is 62.1 cm³/mol.